The number of morpholine rings is 1. The van der Waals surface area contributed by atoms with Crippen LogP contribution in [0.4, 0.5) is 5.82 Å². The van der Waals surface area contributed by atoms with E-state index in [4.69, 9.17) is 4.74 Å². The lowest BCUT2D eigenvalue weighted by Gasteiger charge is -2.39. The Hall–Kier alpha value is -2.51. The molecule has 1 N–H and O–H groups in total. The predicted molar refractivity (Wildman–Crippen MR) is 114 cm³/mol. The molecule has 1 saturated carbocycles. The molecule has 1 aliphatic heterocycles. The van der Waals surface area contributed by atoms with Crippen LogP contribution in [0.3, 0.4) is 0 Å². The molecule has 2 fully saturated rings. The lowest BCUT2D eigenvalue weighted by molar-refractivity contribution is 0.00791. The van der Waals surface area contributed by atoms with Gasteiger partial charge in [0.05, 0.1) is 18.7 Å². The van der Waals surface area contributed by atoms with Gasteiger partial charge in [0.2, 0.25) is 0 Å². The molecule has 1 aromatic carbocycles. The summed E-state index contributed by atoms with van der Waals surface area (Å²) in [6.45, 7) is 3.91. The van der Waals surface area contributed by atoms with E-state index >= 15 is 0 Å². The van der Waals surface area contributed by atoms with Crippen LogP contribution in [0.1, 0.15) is 25.7 Å². The fourth-order valence-corrected chi connectivity index (χ4v) is 4.68. The van der Waals surface area contributed by atoms with Crippen molar-refractivity contribution in [1.29, 1.82) is 0 Å². The number of anilines is 1. The minimum absolute atomic E-state index is 0.460. The van der Waals surface area contributed by atoms with E-state index in [1.54, 1.807) is 6.33 Å². The molecule has 1 aliphatic carbocycles. The van der Waals surface area contributed by atoms with E-state index in [2.05, 4.69) is 43.4 Å². The highest BCUT2D eigenvalue weighted by molar-refractivity contribution is 5.92. The number of nitrogens with one attached hydrogen (secondary N) is 1. The average molecular weight is 393 g/mol. The molecular weight excluding hydrogens is 364 g/mol. The van der Waals surface area contributed by atoms with Gasteiger partial charge in [0, 0.05) is 55.6 Å². The lowest BCUT2D eigenvalue weighted by atomic mass is 9.90. The van der Waals surface area contributed by atoms with Crippen LogP contribution in [0.2, 0.25) is 0 Å². The second kappa shape index (κ2) is 8.08. The van der Waals surface area contributed by atoms with E-state index in [0.717, 1.165) is 54.4 Å². The van der Waals surface area contributed by atoms with Crippen LogP contribution in [0, 0.1) is 0 Å². The predicted octanol–water partition coefficient (Wildman–Crippen LogP) is 3.09. The van der Waals surface area contributed by atoms with E-state index < -0.39 is 0 Å². The minimum atomic E-state index is 0.460. The van der Waals surface area contributed by atoms with E-state index in [0.29, 0.717) is 12.1 Å². The van der Waals surface area contributed by atoms with E-state index in [1.165, 1.54) is 25.7 Å². The van der Waals surface area contributed by atoms with Crippen LogP contribution in [-0.4, -0.2) is 62.8 Å². The SMILES string of the molecule is Cn1ccnc1-c1ccc2ncnc(NC3CCC(N4CCOCC4)CC3)c2c1. The summed E-state index contributed by atoms with van der Waals surface area (Å²) in [5.41, 5.74) is 2.04. The first-order valence-electron chi connectivity index (χ1n) is 10.6. The first-order valence-corrected chi connectivity index (χ1v) is 10.6. The Kier molecular flexibility index (Phi) is 5.16. The van der Waals surface area contributed by atoms with Crippen molar-refractivity contribution >= 4 is 16.7 Å². The lowest BCUT2D eigenvalue weighted by Crippen LogP contribution is -2.46. The van der Waals surface area contributed by atoms with Crippen molar-refractivity contribution in [3.8, 4) is 11.4 Å². The molecule has 7 heteroatoms. The van der Waals surface area contributed by atoms with Crippen LogP contribution in [0.15, 0.2) is 36.9 Å². The van der Waals surface area contributed by atoms with Crippen molar-refractivity contribution < 1.29 is 4.74 Å². The molecule has 29 heavy (non-hydrogen) atoms. The maximum Gasteiger partial charge on any atom is 0.139 e. The topological polar surface area (TPSA) is 68.1 Å². The first-order chi connectivity index (χ1) is 14.3. The Morgan fingerprint density at radius 2 is 1.86 bits per heavy atom. The molecule has 7 nitrogen and oxygen atoms in total. The molecule has 0 bridgehead atoms. The summed E-state index contributed by atoms with van der Waals surface area (Å²) in [6, 6.07) is 7.45. The summed E-state index contributed by atoms with van der Waals surface area (Å²) in [7, 11) is 2.01. The van der Waals surface area contributed by atoms with Crippen molar-refractivity contribution in [3.63, 3.8) is 0 Å². The second-order valence-electron chi connectivity index (χ2n) is 8.11. The van der Waals surface area contributed by atoms with Gasteiger partial charge in [-0.3, -0.25) is 4.90 Å². The molecule has 3 heterocycles. The quantitative estimate of drug-likeness (QED) is 0.736. The molecule has 0 radical (unpaired) electrons. The van der Waals surface area contributed by atoms with E-state index in [-0.39, 0.29) is 0 Å². The molecular formula is C22H28N6O. The summed E-state index contributed by atoms with van der Waals surface area (Å²) in [5, 5.41) is 4.77. The molecule has 0 spiro atoms. The highest BCUT2D eigenvalue weighted by Crippen LogP contribution is 2.29. The third-order valence-corrected chi connectivity index (χ3v) is 6.31. The number of rotatable bonds is 4. The summed E-state index contributed by atoms with van der Waals surface area (Å²) >= 11 is 0. The molecule has 2 aromatic heterocycles. The Balaban J connectivity index is 1.32. The number of hydrogen-bond donors (Lipinski definition) is 1. The van der Waals surface area contributed by atoms with E-state index in [1.807, 2.05) is 24.0 Å². The van der Waals surface area contributed by atoms with Crippen LogP contribution in [0.25, 0.3) is 22.3 Å². The Morgan fingerprint density at radius 1 is 1.03 bits per heavy atom. The molecule has 5 rings (SSSR count). The number of aromatic nitrogens is 4. The largest absolute Gasteiger partial charge is 0.379 e. The van der Waals surface area contributed by atoms with Gasteiger partial charge in [-0.2, -0.15) is 0 Å². The van der Waals surface area contributed by atoms with Crippen LogP contribution in [0.5, 0.6) is 0 Å². The zero-order valence-electron chi connectivity index (χ0n) is 16.9. The van der Waals surface area contributed by atoms with Crippen LogP contribution in [-0.2, 0) is 11.8 Å². The van der Waals surface area contributed by atoms with Gasteiger partial charge in [-0.25, -0.2) is 15.0 Å². The van der Waals surface area contributed by atoms with Crippen molar-refractivity contribution in [2.24, 2.45) is 7.05 Å². The van der Waals surface area contributed by atoms with Gasteiger partial charge >= 0.3 is 0 Å². The monoisotopic (exact) mass is 392 g/mol. The summed E-state index contributed by atoms with van der Waals surface area (Å²) in [6.07, 6.45) is 10.3. The van der Waals surface area contributed by atoms with E-state index in [9.17, 15) is 0 Å². The Labute approximate surface area is 171 Å². The summed E-state index contributed by atoms with van der Waals surface area (Å²) < 4.78 is 7.53. The Morgan fingerprint density at radius 3 is 2.62 bits per heavy atom. The number of aryl methyl sites for hydroxylation is 1. The van der Waals surface area contributed by atoms with Gasteiger partial charge in [0.1, 0.15) is 18.0 Å². The highest BCUT2D eigenvalue weighted by Gasteiger charge is 2.27. The molecule has 1 saturated heterocycles. The minimum Gasteiger partial charge on any atom is -0.379 e. The van der Waals surface area contributed by atoms with Crippen LogP contribution < -0.4 is 5.32 Å². The second-order valence-corrected chi connectivity index (χ2v) is 8.11. The van der Waals surface area contributed by atoms with Crippen molar-refractivity contribution in [2.45, 2.75) is 37.8 Å². The summed E-state index contributed by atoms with van der Waals surface area (Å²) in [5.74, 6) is 1.88. The normalized spacial score (nSPS) is 23.3. The number of benzene rings is 1. The number of imidazole rings is 1. The number of nitrogens with zero attached hydrogens (tertiary/aromatic N) is 5. The first kappa shape index (κ1) is 18.5. The molecule has 152 valence electrons. The summed E-state index contributed by atoms with van der Waals surface area (Å²) in [4.78, 5) is 16.1. The van der Waals surface area contributed by atoms with Crippen molar-refractivity contribution in [2.75, 3.05) is 31.6 Å². The van der Waals surface area contributed by atoms with Gasteiger partial charge in [-0.15, -0.1) is 0 Å². The molecule has 0 unspecified atom stereocenters. The van der Waals surface area contributed by atoms with Gasteiger partial charge in [-0.1, -0.05) is 0 Å². The molecule has 2 aliphatic rings. The fourth-order valence-electron chi connectivity index (χ4n) is 4.68. The number of ether oxygens (including phenoxy) is 1. The van der Waals surface area contributed by atoms with Crippen LogP contribution >= 0.6 is 0 Å². The average Bonchev–Trinajstić information content (AvgIpc) is 3.21. The third-order valence-electron chi connectivity index (χ3n) is 6.31. The third kappa shape index (κ3) is 3.84. The number of fused-ring (bicyclic) bond motifs is 1. The maximum atomic E-state index is 5.50. The fraction of sp³-hybridized carbons (Fsp3) is 0.500. The maximum absolute atomic E-state index is 5.50. The zero-order chi connectivity index (χ0) is 19.6. The smallest absolute Gasteiger partial charge is 0.139 e. The van der Waals surface area contributed by atoms with Gasteiger partial charge in [-0.05, 0) is 43.9 Å². The molecule has 0 amide bonds. The highest BCUT2D eigenvalue weighted by atomic mass is 16.5. The Bertz CT molecular complexity index is 972. The van der Waals surface area contributed by atoms with Gasteiger partial charge < -0.3 is 14.6 Å². The standard InChI is InChI=1S/C22H28N6O/c1-27-9-8-23-22(27)16-2-7-20-19(14-16)21(25-15-24-20)26-17-3-5-18(6-4-17)28-10-12-29-13-11-28/h2,7-9,14-15,17-18H,3-6,10-13H2,1H3,(H,24,25,26). The van der Waals surface area contributed by atoms with Crippen molar-refractivity contribution in [1.82, 2.24) is 24.4 Å². The molecule has 3 aromatic rings. The number of hydrogen-bond acceptors (Lipinski definition) is 6. The zero-order valence-corrected chi connectivity index (χ0v) is 16.9. The van der Waals surface area contributed by atoms with Crippen molar-refractivity contribution in [3.05, 3.63) is 36.9 Å². The van der Waals surface area contributed by atoms with Gasteiger partial charge in [0.15, 0.2) is 0 Å². The molecule has 0 atom stereocenters. The van der Waals surface area contributed by atoms with Gasteiger partial charge in [0.25, 0.3) is 0 Å².